The van der Waals surface area contributed by atoms with Gasteiger partial charge < -0.3 is 15.0 Å². The summed E-state index contributed by atoms with van der Waals surface area (Å²) in [7, 11) is 0. The molecule has 0 aliphatic heterocycles. The quantitative estimate of drug-likeness (QED) is 0.719. The molecule has 0 bridgehead atoms. The van der Waals surface area contributed by atoms with Crippen LogP contribution in [-0.4, -0.2) is 14.7 Å². The van der Waals surface area contributed by atoms with Crippen LogP contribution in [0.1, 0.15) is 11.1 Å². The Morgan fingerprint density at radius 2 is 1.95 bits per heavy atom. The molecule has 0 fully saturated rings. The number of phenolic OH excluding ortho intramolecular Hbond substituents is 1. The van der Waals surface area contributed by atoms with Crippen LogP contribution >= 0.6 is 0 Å². The molecule has 0 aliphatic rings. The van der Waals surface area contributed by atoms with Crippen molar-refractivity contribution in [3.8, 4) is 11.4 Å². The minimum atomic E-state index is 0.324. The second-order valence-electron chi connectivity index (χ2n) is 4.99. The van der Waals surface area contributed by atoms with Crippen molar-refractivity contribution in [2.24, 2.45) is 0 Å². The molecular weight excluding hydrogens is 262 g/mol. The molecule has 1 aromatic heterocycles. The third kappa shape index (κ3) is 3.05. The number of benzene rings is 2. The van der Waals surface area contributed by atoms with Gasteiger partial charge in [0.1, 0.15) is 5.75 Å². The van der Waals surface area contributed by atoms with Crippen molar-refractivity contribution in [1.82, 2.24) is 9.55 Å². The Balaban J connectivity index is 1.66. The van der Waals surface area contributed by atoms with Crippen LogP contribution < -0.4 is 5.32 Å². The zero-order valence-corrected chi connectivity index (χ0v) is 11.8. The van der Waals surface area contributed by atoms with Gasteiger partial charge in [0.05, 0.1) is 6.33 Å². The average molecular weight is 279 g/mol. The molecule has 4 nitrogen and oxygen atoms in total. The Morgan fingerprint density at radius 1 is 1.14 bits per heavy atom. The smallest absolute Gasteiger partial charge is 0.118 e. The number of nitrogens with zero attached hydrogens (tertiary/aromatic N) is 2. The van der Waals surface area contributed by atoms with Crippen LogP contribution in [0.15, 0.2) is 61.2 Å². The number of hydrogen-bond acceptors (Lipinski definition) is 3. The number of aromatic hydroxyl groups is 1. The minimum Gasteiger partial charge on any atom is -0.508 e. The van der Waals surface area contributed by atoms with Crippen molar-refractivity contribution >= 4 is 5.69 Å². The average Bonchev–Trinajstić information content (AvgIpc) is 3.03. The maximum absolute atomic E-state index is 9.51. The van der Waals surface area contributed by atoms with E-state index in [1.54, 1.807) is 18.6 Å². The highest BCUT2D eigenvalue weighted by Gasteiger charge is 1.99. The van der Waals surface area contributed by atoms with Gasteiger partial charge >= 0.3 is 0 Å². The summed E-state index contributed by atoms with van der Waals surface area (Å²) in [6.07, 6.45) is 5.47. The van der Waals surface area contributed by atoms with Gasteiger partial charge in [-0.1, -0.05) is 12.1 Å². The van der Waals surface area contributed by atoms with Crippen LogP contribution in [0.25, 0.3) is 5.69 Å². The van der Waals surface area contributed by atoms with Gasteiger partial charge in [0.25, 0.3) is 0 Å². The molecule has 4 heteroatoms. The number of nitrogens with one attached hydrogen (secondary N) is 1. The van der Waals surface area contributed by atoms with E-state index in [2.05, 4.69) is 34.6 Å². The second kappa shape index (κ2) is 5.71. The molecule has 2 N–H and O–H groups in total. The van der Waals surface area contributed by atoms with Crippen molar-refractivity contribution < 1.29 is 5.11 Å². The van der Waals surface area contributed by atoms with Crippen molar-refractivity contribution in [3.63, 3.8) is 0 Å². The summed E-state index contributed by atoms with van der Waals surface area (Å²) in [5, 5.41) is 12.9. The molecule has 1 heterocycles. The first-order chi connectivity index (χ1) is 10.2. The molecule has 3 rings (SSSR count). The SMILES string of the molecule is Cc1cc(NCc2ccc(-n3ccnc3)cc2)ccc1O. The number of imidazole rings is 1. The van der Waals surface area contributed by atoms with Crippen LogP contribution in [0.3, 0.4) is 0 Å². The Bertz CT molecular complexity index is 718. The van der Waals surface area contributed by atoms with Gasteiger partial charge in [-0.05, 0) is 48.4 Å². The molecule has 0 saturated heterocycles. The molecule has 0 saturated carbocycles. The fourth-order valence-corrected chi connectivity index (χ4v) is 2.17. The summed E-state index contributed by atoms with van der Waals surface area (Å²) >= 11 is 0. The number of hydrogen-bond donors (Lipinski definition) is 2. The van der Waals surface area contributed by atoms with Crippen molar-refractivity contribution in [3.05, 3.63) is 72.3 Å². The third-order valence-electron chi connectivity index (χ3n) is 3.43. The summed E-state index contributed by atoms with van der Waals surface area (Å²) in [6.45, 7) is 2.63. The first-order valence-electron chi connectivity index (χ1n) is 6.83. The Kier molecular flexibility index (Phi) is 3.60. The summed E-state index contributed by atoms with van der Waals surface area (Å²) < 4.78 is 1.97. The number of rotatable bonds is 4. The van der Waals surface area contributed by atoms with E-state index in [1.807, 2.05) is 29.8 Å². The maximum Gasteiger partial charge on any atom is 0.118 e. The van der Waals surface area contributed by atoms with E-state index in [0.717, 1.165) is 23.5 Å². The van der Waals surface area contributed by atoms with E-state index >= 15 is 0 Å². The van der Waals surface area contributed by atoms with Crippen LogP contribution in [0.4, 0.5) is 5.69 Å². The lowest BCUT2D eigenvalue weighted by Gasteiger charge is -2.09. The first kappa shape index (κ1) is 13.2. The van der Waals surface area contributed by atoms with E-state index < -0.39 is 0 Å². The summed E-state index contributed by atoms with van der Waals surface area (Å²) in [4.78, 5) is 4.04. The van der Waals surface area contributed by atoms with E-state index in [1.165, 1.54) is 5.56 Å². The molecule has 106 valence electrons. The summed E-state index contributed by atoms with van der Waals surface area (Å²) in [5.74, 6) is 0.324. The van der Waals surface area contributed by atoms with Gasteiger partial charge in [0, 0.05) is 30.3 Å². The van der Waals surface area contributed by atoms with Crippen LogP contribution in [-0.2, 0) is 6.54 Å². The largest absolute Gasteiger partial charge is 0.508 e. The van der Waals surface area contributed by atoms with Crippen molar-refractivity contribution in [2.75, 3.05) is 5.32 Å². The monoisotopic (exact) mass is 279 g/mol. The summed E-state index contributed by atoms with van der Waals surface area (Å²) in [6, 6.07) is 13.9. The molecule has 3 aromatic rings. The molecule has 2 aromatic carbocycles. The predicted octanol–water partition coefficient (Wildman–Crippen LogP) is 3.50. The molecule has 0 unspecified atom stereocenters. The summed E-state index contributed by atoms with van der Waals surface area (Å²) in [5.41, 5.74) is 4.17. The van der Waals surface area contributed by atoms with E-state index in [9.17, 15) is 5.11 Å². The fourth-order valence-electron chi connectivity index (χ4n) is 2.17. The van der Waals surface area contributed by atoms with E-state index in [-0.39, 0.29) is 0 Å². The molecule has 0 amide bonds. The molecule has 21 heavy (non-hydrogen) atoms. The highest BCUT2D eigenvalue weighted by atomic mass is 16.3. The Labute approximate surface area is 123 Å². The molecule has 0 spiro atoms. The molecule has 0 radical (unpaired) electrons. The number of phenols is 1. The van der Waals surface area contributed by atoms with Gasteiger partial charge in [-0.25, -0.2) is 4.98 Å². The maximum atomic E-state index is 9.51. The van der Waals surface area contributed by atoms with Gasteiger partial charge in [0.15, 0.2) is 0 Å². The predicted molar refractivity (Wildman–Crippen MR) is 83.7 cm³/mol. The highest BCUT2D eigenvalue weighted by molar-refractivity contribution is 5.50. The lowest BCUT2D eigenvalue weighted by molar-refractivity contribution is 0.471. The standard InChI is InChI=1S/C17H17N3O/c1-13-10-15(4-7-17(13)21)19-11-14-2-5-16(6-3-14)20-9-8-18-12-20/h2-10,12,19,21H,11H2,1H3. The lowest BCUT2D eigenvalue weighted by Crippen LogP contribution is -2.00. The lowest BCUT2D eigenvalue weighted by atomic mass is 10.1. The number of anilines is 1. The number of aryl methyl sites for hydroxylation is 1. The van der Waals surface area contributed by atoms with Gasteiger partial charge in [-0.2, -0.15) is 0 Å². The molecule has 0 aliphatic carbocycles. The zero-order valence-electron chi connectivity index (χ0n) is 11.8. The topological polar surface area (TPSA) is 50.1 Å². The molecule has 0 atom stereocenters. The highest BCUT2D eigenvalue weighted by Crippen LogP contribution is 2.20. The van der Waals surface area contributed by atoms with Crippen LogP contribution in [0, 0.1) is 6.92 Å². The zero-order chi connectivity index (χ0) is 14.7. The molecular formula is C17H17N3O. The van der Waals surface area contributed by atoms with E-state index in [4.69, 9.17) is 0 Å². The van der Waals surface area contributed by atoms with Gasteiger partial charge in [-0.15, -0.1) is 0 Å². The van der Waals surface area contributed by atoms with Crippen LogP contribution in [0.5, 0.6) is 5.75 Å². The van der Waals surface area contributed by atoms with Gasteiger partial charge in [0.2, 0.25) is 0 Å². The van der Waals surface area contributed by atoms with Gasteiger partial charge in [-0.3, -0.25) is 0 Å². The minimum absolute atomic E-state index is 0.324. The normalized spacial score (nSPS) is 10.5. The Hall–Kier alpha value is -2.75. The third-order valence-corrected chi connectivity index (χ3v) is 3.43. The van der Waals surface area contributed by atoms with Crippen LogP contribution in [0.2, 0.25) is 0 Å². The van der Waals surface area contributed by atoms with Crippen molar-refractivity contribution in [2.45, 2.75) is 13.5 Å². The second-order valence-corrected chi connectivity index (χ2v) is 4.99. The van der Waals surface area contributed by atoms with Crippen molar-refractivity contribution in [1.29, 1.82) is 0 Å². The fraction of sp³-hybridized carbons (Fsp3) is 0.118. The number of aromatic nitrogens is 2. The Morgan fingerprint density at radius 3 is 2.62 bits per heavy atom. The first-order valence-corrected chi connectivity index (χ1v) is 6.83. The van der Waals surface area contributed by atoms with E-state index in [0.29, 0.717) is 5.75 Å².